The van der Waals surface area contributed by atoms with E-state index < -0.39 is 0 Å². The Morgan fingerprint density at radius 1 is 1.78 bits per heavy atom. The van der Waals surface area contributed by atoms with E-state index in [1.165, 1.54) is 0 Å². The summed E-state index contributed by atoms with van der Waals surface area (Å²) in [5, 5.41) is 1.81. The maximum Gasteiger partial charge on any atom is 0.161 e. The van der Waals surface area contributed by atoms with Crippen molar-refractivity contribution in [1.29, 1.82) is 0 Å². The zero-order valence-electron chi connectivity index (χ0n) is 5.59. The number of Topliss-reactive ketones (excluding diaryl/α,β-unsaturated/α-hetero) is 1. The standard InChI is InChI=1S/C6H11NO2/c1-2-7-4-3-6(8)5-9-7/h2-5H2,1H3. The summed E-state index contributed by atoms with van der Waals surface area (Å²) in [5.74, 6) is 0.208. The van der Waals surface area contributed by atoms with E-state index in [1.54, 1.807) is 5.06 Å². The molecule has 1 heterocycles. The number of rotatable bonds is 1. The smallest absolute Gasteiger partial charge is 0.161 e. The summed E-state index contributed by atoms with van der Waals surface area (Å²) in [6.45, 7) is 3.91. The molecule has 0 amide bonds. The molecule has 0 aromatic heterocycles. The van der Waals surface area contributed by atoms with Gasteiger partial charge in [-0.1, -0.05) is 6.92 Å². The van der Waals surface area contributed by atoms with E-state index in [9.17, 15) is 4.79 Å². The largest absolute Gasteiger partial charge is 0.297 e. The SMILES string of the molecule is CCN1CCC(=O)CO1. The first-order valence-corrected chi connectivity index (χ1v) is 3.22. The lowest BCUT2D eigenvalue weighted by Gasteiger charge is -2.23. The molecule has 0 aromatic rings. The lowest BCUT2D eigenvalue weighted by molar-refractivity contribution is -0.183. The summed E-state index contributed by atoms with van der Waals surface area (Å²) >= 11 is 0. The Morgan fingerprint density at radius 2 is 2.56 bits per heavy atom. The van der Waals surface area contributed by atoms with Gasteiger partial charge < -0.3 is 0 Å². The average molecular weight is 129 g/mol. The van der Waals surface area contributed by atoms with E-state index in [0.29, 0.717) is 6.42 Å². The van der Waals surface area contributed by atoms with Crippen LogP contribution in [0.2, 0.25) is 0 Å². The molecule has 0 N–H and O–H groups in total. The van der Waals surface area contributed by atoms with Crippen molar-refractivity contribution in [2.24, 2.45) is 0 Å². The van der Waals surface area contributed by atoms with Gasteiger partial charge in [0.1, 0.15) is 6.61 Å². The van der Waals surface area contributed by atoms with Gasteiger partial charge in [0.2, 0.25) is 0 Å². The molecular formula is C6H11NO2. The minimum Gasteiger partial charge on any atom is -0.297 e. The maximum atomic E-state index is 10.6. The molecule has 0 saturated carbocycles. The van der Waals surface area contributed by atoms with Crippen LogP contribution in [0.5, 0.6) is 0 Å². The highest BCUT2D eigenvalue weighted by Gasteiger charge is 2.14. The van der Waals surface area contributed by atoms with Crippen molar-refractivity contribution in [2.45, 2.75) is 13.3 Å². The Kier molecular flexibility index (Phi) is 2.19. The van der Waals surface area contributed by atoms with Gasteiger partial charge in [0, 0.05) is 19.5 Å². The predicted octanol–water partition coefficient (Wildman–Crippen LogP) is 0.213. The molecule has 9 heavy (non-hydrogen) atoms. The van der Waals surface area contributed by atoms with Gasteiger partial charge in [-0.3, -0.25) is 9.63 Å². The average Bonchev–Trinajstić information content (AvgIpc) is 1.90. The fraction of sp³-hybridized carbons (Fsp3) is 0.833. The van der Waals surface area contributed by atoms with Crippen LogP contribution in [0.3, 0.4) is 0 Å². The maximum absolute atomic E-state index is 10.6. The minimum absolute atomic E-state index is 0.208. The summed E-state index contributed by atoms with van der Waals surface area (Å²) < 4.78 is 0. The van der Waals surface area contributed by atoms with E-state index in [2.05, 4.69) is 0 Å². The molecule has 0 aromatic carbocycles. The molecule has 1 fully saturated rings. The van der Waals surface area contributed by atoms with Crippen molar-refractivity contribution in [1.82, 2.24) is 5.06 Å². The van der Waals surface area contributed by atoms with E-state index >= 15 is 0 Å². The quantitative estimate of drug-likeness (QED) is 0.507. The van der Waals surface area contributed by atoms with Gasteiger partial charge in [0.05, 0.1) is 0 Å². The van der Waals surface area contributed by atoms with Crippen molar-refractivity contribution >= 4 is 5.78 Å². The van der Waals surface area contributed by atoms with Gasteiger partial charge in [-0.2, -0.15) is 5.06 Å². The third-order valence-corrected chi connectivity index (χ3v) is 1.40. The molecule has 1 saturated heterocycles. The van der Waals surface area contributed by atoms with Gasteiger partial charge in [-0.15, -0.1) is 0 Å². The van der Waals surface area contributed by atoms with Crippen LogP contribution >= 0.6 is 0 Å². The number of hydrogen-bond donors (Lipinski definition) is 0. The molecule has 52 valence electrons. The van der Waals surface area contributed by atoms with Crippen LogP contribution in [0.4, 0.5) is 0 Å². The number of hydroxylamine groups is 2. The monoisotopic (exact) mass is 129 g/mol. The number of carbonyl (C=O) groups is 1. The van der Waals surface area contributed by atoms with Crippen LogP contribution in [0.15, 0.2) is 0 Å². The second-order valence-electron chi connectivity index (χ2n) is 2.08. The Morgan fingerprint density at radius 3 is 3.00 bits per heavy atom. The van der Waals surface area contributed by atoms with Gasteiger partial charge >= 0.3 is 0 Å². The predicted molar refractivity (Wildman–Crippen MR) is 32.8 cm³/mol. The Balaban J connectivity index is 2.26. The Bertz CT molecular complexity index is 104. The fourth-order valence-electron chi connectivity index (χ4n) is 0.799. The first-order valence-electron chi connectivity index (χ1n) is 3.22. The van der Waals surface area contributed by atoms with Crippen LogP contribution in [0.1, 0.15) is 13.3 Å². The minimum atomic E-state index is 0.208. The molecule has 3 heteroatoms. The Hall–Kier alpha value is -0.410. The van der Waals surface area contributed by atoms with Crippen molar-refractivity contribution in [2.75, 3.05) is 19.7 Å². The van der Waals surface area contributed by atoms with E-state index in [1.807, 2.05) is 6.92 Å². The first-order chi connectivity index (χ1) is 4.33. The normalized spacial score (nSPS) is 22.6. The van der Waals surface area contributed by atoms with Crippen LogP contribution in [0, 0.1) is 0 Å². The molecule has 1 rings (SSSR count). The van der Waals surface area contributed by atoms with Crippen LogP contribution in [0.25, 0.3) is 0 Å². The molecular weight excluding hydrogens is 118 g/mol. The van der Waals surface area contributed by atoms with Crippen LogP contribution in [-0.2, 0) is 9.63 Å². The molecule has 0 atom stereocenters. The van der Waals surface area contributed by atoms with Gasteiger partial charge in [0.25, 0.3) is 0 Å². The van der Waals surface area contributed by atoms with Crippen molar-refractivity contribution < 1.29 is 9.63 Å². The number of ketones is 1. The highest BCUT2D eigenvalue weighted by molar-refractivity contribution is 5.80. The molecule has 3 nitrogen and oxygen atoms in total. The van der Waals surface area contributed by atoms with E-state index in [0.717, 1.165) is 13.1 Å². The Labute approximate surface area is 54.5 Å². The topological polar surface area (TPSA) is 29.5 Å². The second kappa shape index (κ2) is 2.94. The second-order valence-corrected chi connectivity index (χ2v) is 2.08. The first kappa shape index (κ1) is 6.71. The summed E-state index contributed by atoms with van der Waals surface area (Å²) in [6, 6.07) is 0. The van der Waals surface area contributed by atoms with Gasteiger partial charge in [0.15, 0.2) is 5.78 Å². The zero-order valence-corrected chi connectivity index (χ0v) is 5.59. The van der Waals surface area contributed by atoms with Crippen LogP contribution in [-0.4, -0.2) is 30.5 Å². The third-order valence-electron chi connectivity index (χ3n) is 1.40. The van der Waals surface area contributed by atoms with Gasteiger partial charge in [-0.25, -0.2) is 0 Å². The van der Waals surface area contributed by atoms with E-state index in [4.69, 9.17) is 4.84 Å². The summed E-state index contributed by atoms with van der Waals surface area (Å²) in [7, 11) is 0. The molecule has 0 aliphatic carbocycles. The molecule has 0 radical (unpaired) electrons. The van der Waals surface area contributed by atoms with Crippen molar-refractivity contribution in [3.8, 4) is 0 Å². The third kappa shape index (κ3) is 1.77. The molecule has 1 aliphatic heterocycles. The number of nitrogens with zero attached hydrogens (tertiary/aromatic N) is 1. The number of hydrogen-bond acceptors (Lipinski definition) is 3. The lowest BCUT2D eigenvalue weighted by atomic mass is 10.3. The van der Waals surface area contributed by atoms with Crippen LogP contribution < -0.4 is 0 Å². The highest BCUT2D eigenvalue weighted by atomic mass is 16.7. The summed E-state index contributed by atoms with van der Waals surface area (Å²) in [6.07, 6.45) is 0.647. The fourth-order valence-corrected chi connectivity index (χ4v) is 0.799. The highest BCUT2D eigenvalue weighted by Crippen LogP contribution is 2.00. The summed E-state index contributed by atoms with van der Waals surface area (Å²) in [4.78, 5) is 15.6. The molecule has 1 aliphatic rings. The lowest BCUT2D eigenvalue weighted by Crippen LogP contribution is -2.34. The zero-order chi connectivity index (χ0) is 6.69. The van der Waals surface area contributed by atoms with E-state index in [-0.39, 0.29) is 12.4 Å². The van der Waals surface area contributed by atoms with Crippen molar-refractivity contribution in [3.63, 3.8) is 0 Å². The number of carbonyl (C=O) groups excluding carboxylic acids is 1. The molecule has 0 bridgehead atoms. The van der Waals surface area contributed by atoms with Gasteiger partial charge in [-0.05, 0) is 0 Å². The summed E-state index contributed by atoms with van der Waals surface area (Å²) in [5.41, 5.74) is 0. The molecule has 0 unspecified atom stereocenters. The van der Waals surface area contributed by atoms with Crippen molar-refractivity contribution in [3.05, 3.63) is 0 Å². The molecule has 0 spiro atoms.